The van der Waals surface area contributed by atoms with Crippen LogP contribution in [0.2, 0.25) is 0 Å². The van der Waals surface area contributed by atoms with Gasteiger partial charge in [0.2, 0.25) is 5.96 Å². The van der Waals surface area contributed by atoms with Crippen molar-refractivity contribution in [3.05, 3.63) is 30.3 Å². The molecule has 1 saturated heterocycles. The Hall–Kier alpha value is -1.79. The molecule has 0 spiro atoms. The molecule has 1 aliphatic rings. The van der Waals surface area contributed by atoms with Crippen molar-refractivity contribution in [1.29, 1.82) is 0 Å². The number of hydrazone groups is 1. The quantitative estimate of drug-likeness (QED) is 0.264. The van der Waals surface area contributed by atoms with Gasteiger partial charge in [-0.25, -0.2) is 10.9 Å². The molecule has 0 amide bonds. The minimum atomic E-state index is 0.595. The molecule has 0 atom stereocenters. The first kappa shape index (κ1) is 11.7. The second-order valence-electron chi connectivity index (χ2n) is 3.87. The molecule has 1 fully saturated rings. The number of anilines is 1. The van der Waals surface area contributed by atoms with Gasteiger partial charge in [-0.15, -0.1) is 5.10 Å². The fourth-order valence-corrected chi connectivity index (χ4v) is 1.87. The van der Waals surface area contributed by atoms with E-state index in [1.165, 1.54) is 5.01 Å². The molecule has 2 rings (SSSR count). The van der Waals surface area contributed by atoms with E-state index in [0.29, 0.717) is 5.96 Å². The van der Waals surface area contributed by atoms with Gasteiger partial charge in [-0.2, -0.15) is 0 Å². The lowest BCUT2D eigenvalue weighted by Gasteiger charge is -2.33. The highest BCUT2D eigenvalue weighted by molar-refractivity contribution is 5.94. The molecule has 1 aromatic carbocycles. The van der Waals surface area contributed by atoms with Crippen LogP contribution in [0.4, 0.5) is 5.69 Å². The van der Waals surface area contributed by atoms with Crippen LogP contribution >= 0.6 is 0 Å². The van der Waals surface area contributed by atoms with Gasteiger partial charge < -0.3 is 16.1 Å². The normalized spacial score (nSPS) is 17.0. The number of guanidine groups is 1. The second-order valence-corrected chi connectivity index (χ2v) is 3.87. The lowest BCUT2D eigenvalue weighted by Crippen LogP contribution is -2.55. The zero-order chi connectivity index (χ0) is 12.1. The van der Waals surface area contributed by atoms with Crippen LogP contribution in [-0.2, 0) is 0 Å². The number of benzene rings is 1. The summed E-state index contributed by atoms with van der Waals surface area (Å²) in [6.45, 7) is 3.55. The van der Waals surface area contributed by atoms with Crippen molar-refractivity contribution < 1.29 is 0 Å². The van der Waals surface area contributed by atoms with Crippen LogP contribution in [0.3, 0.4) is 0 Å². The van der Waals surface area contributed by atoms with Crippen LogP contribution in [-0.4, -0.2) is 37.0 Å². The average Bonchev–Trinajstić information content (AvgIpc) is 2.42. The number of piperazine rings is 1. The van der Waals surface area contributed by atoms with Crippen molar-refractivity contribution >= 4 is 11.6 Å². The number of para-hydroxylation sites is 1. The maximum Gasteiger partial charge on any atom is 0.237 e. The van der Waals surface area contributed by atoms with Gasteiger partial charge in [-0.3, -0.25) is 0 Å². The number of nitrogens with two attached hydrogens (primary N) is 2. The van der Waals surface area contributed by atoms with E-state index in [1.807, 2.05) is 30.3 Å². The van der Waals surface area contributed by atoms with Crippen molar-refractivity contribution in [2.75, 3.05) is 31.2 Å². The van der Waals surface area contributed by atoms with Gasteiger partial charge in [-0.05, 0) is 12.1 Å². The Morgan fingerprint density at radius 1 is 1.24 bits per heavy atom. The molecule has 1 aliphatic heterocycles. The van der Waals surface area contributed by atoms with E-state index < -0.39 is 0 Å². The van der Waals surface area contributed by atoms with Crippen LogP contribution in [0, 0.1) is 0 Å². The Labute approximate surface area is 101 Å². The molecule has 0 bridgehead atoms. The third kappa shape index (κ3) is 2.66. The molecule has 17 heavy (non-hydrogen) atoms. The summed E-state index contributed by atoms with van der Waals surface area (Å²) in [5.74, 6) is 12.1. The lowest BCUT2D eigenvalue weighted by atomic mass is 10.3. The molecule has 6 nitrogen and oxygen atoms in total. The summed E-state index contributed by atoms with van der Waals surface area (Å²) < 4.78 is 0. The van der Waals surface area contributed by atoms with Gasteiger partial charge in [0.1, 0.15) is 0 Å². The van der Waals surface area contributed by atoms with Crippen molar-refractivity contribution in [1.82, 2.24) is 10.2 Å². The van der Waals surface area contributed by atoms with Crippen LogP contribution in [0.1, 0.15) is 0 Å². The van der Waals surface area contributed by atoms with Gasteiger partial charge in [0, 0.05) is 26.2 Å². The molecule has 0 aliphatic carbocycles. The van der Waals surface area contributed by atoms with E-state index in [1.54, 1.807) is 0 Å². The Morgan fingerprint density at radius 2 is 1.88 bits per heavy atom. The van der Waals surface area contributed by atoms with Gasteiger partial charge >= 0.3 is 0 Å². The standard InChI is InChI=1S/C11H18N6/c12-15-11(16-8-6-14-7-9-16)17(13)10-4-2-1-3-5-10/h1-5,14H,6-9,12-13H2/b15-11-. The van der Waals surface area contributed by atoms with Crippen LogP contribution in [0.25, 0.3) is 0 Å². The molecule has 0 aromatic heterocycles. The summed E-state index contributed by atoms with van der Waals surface area (Å²) in [7, 11) is 0. The summed E-state index contributed by atoms with van der Waals surface area (Å²) in [5.41, 5.74) is 0.871. The molecule has 92 valence electrons. The van der Waals surface area contributed by atoms with Gasteiger partial charge in [-0.1, -0.05) is 18.2 Å². The van der Waals surface area contributed by atoms with Crippen LogP contribution < -0.4 is 22.0 Å². The summed E-state index contributed by atoms with van der Waals surface area (Å²) in [6.07, 6.45) is 0. The third-order valence-corrected chi connectivity index (χ3v) is 2.77. The lowest BCUT2D eigenvalue weighted by molar-refractivity contribution is 0.351. The first-order valence-corrected chi connectivity index (χ1v) is 5.66. The highest BCUT2D eigenvalue weighted by Gasteiger charge is 2.19. The zero-order valence-electron chi connectivity index (χ0n) is 9.71. The van der Waals surface area contributed by atoms with E-state index in [4.69, 9.17) is 11.7 Å². The van der Waals surface area contributed by atoms with E-state index in [-0.39, 0.29) is 0 Å². The first-order valence-electron chi connectivity index (χ1n) is 5.66. The van der Waals surface area contributed by atoms with Crippen LogP contribution in [0.5, 0.6) is 0 Å². The highest BCUT2D eigenvalue weighted by Crippen LogP contribution is 2.11. The molecule has 5 N–H and O–H groups in total. The molecule has 6 heteroatoms. The Balaban J connectivity index is 2.13. The number of hydrogen-bond donors (Lipinski definition) is 3. The minimum Gasteiger partial charge on any atom is -0.337 e. The summed E-state index contributed by atoms with van der Waals surface area (Å²) in [5, 5.41) is 8.60. The van der Waals surface area contributed by atoms with Crippen molar-refractivity contribution in [2.24, 2.45) is 16.8 Å². The molecular formula is C11H18N6. The summed E-state index contributed by atoms with van der Waals surface area (Å²) in [4.78, 5) is 2.07. The fraction of sp³-hybridized carbons (Fsp3) is 0.364. The Kier molecular flexibility index (Phi) is 3.79. The van der Waals surface area contributed by atoms with Gasteiger partial charge in [0.15, 0.2) is 0 Å². The topological polar surface area (TPSA) is 82.9 Å². The number of hydrazine groups is 1. The van der Waals surface area contributed by atoms with Gasteiger partial charge in [0.25, 0.3) is 0 Å². The average molecular weight is 234 g/mol. The van der Waals surface area contributed by atoms with Crippen molar-refractivity contribution in [2.45, 2.75) is 0 Å². The fourth-order valence-electron chi connectivity index (χ4n) is 1.87. The molecule has 0 unspecified atom stereocenters. The molecule has 1 aromatic rings. The smallest absolute Gasteiger partial charge is 0.237 e. The predicted octanol–water partition coefficient (Wildman–Crippen LogP) is -0.498. The SMILES string of the molecule is N/N=C(/N1CCNCC1)N(N)c1ccccc1. The van der Waals surface area contributed by atoms with Crippen molar-refractivity contribution in [3.8, 4) is 0 Å². The minimum absolute atomic E-state index is 0.595. The predicted molar refractivity (Wildman–Crippen MR) is 69.2 cm³/mol. The molecule has 0 radical (unpaired) electrons. The zero-order valence-corrected chi connectivity index (χ0v) is 9.71. The van der Waals surface area contributed by atoms with E-state index in [9.17, 15) is 0 Å². The van der Waals surface area contributed by atoms with Crippen LogP contribution in [0.15, 0.2) is 35.4 Å². The largest absolute Gasteiger partial charge is 0.337 e. The number of hydrogen-bond acceptors (Lipinski definition) is 4. The maximum atomic E-state index is 6.04. The van der Waals surface area contributed by atoms with Gasteiger partial charge in [0.05, 0.1) is 5.69 Å². The summed E-state index contributed by atoms with van der Waals surface area (Å²) >= 11 is 0. The molecular weight excluding hydrogens is 216 g/mol. The monoisotopic (exact) mass is 234 g/mol. The maximum absolute atomic E-state index is 6.04. The molecule has 1 heterocycles. The number of nitrogens with one attached hydrogen (secondary N) is 1. The third-order valence-electron chi connectivity index (χ3n) is 2.77. The summed E-state index contributed by atoms with van der Waals surface area (Å²) in [6, 6.07) is 9.66. The van der Waals surface area contributed by atoms with Crippen molar-refractivity contribution in [3.63, 3.8) is 0 Å². The molecule has 0 saturated carbocycles. The van der Waals surface area contributed by atoms with E-state index in [2.05, 4.69) is 15.3 Å². The number of rotatable bonds is 1. The second kappa shape index (κ2) is 5.51. The Morgan fingerprint density at radius 3 is 2.47 bits per heavy atom. The first-order chi connectivity index (χ1) is 8.33. The van der Waals surface area contributed by atoms with E-state index in [0.717, 1.165) is 31.9 Å². The van der Waals surface area contributed by atoms with E-state index >= 15 is 0 Å². The Bertz CT molecular complexity index is 371. The number of nitrogens with zero attached hydrogens (tertiary/aromatic N) is 3. The highest BCUT2D eigenvalue weighted by atomic mass is 15.5.